The first-order chi connectivity index (χ1) is 5.07. The summed E-state index contributed by atoms with van der Waals surface area (Å²) in [7, 11) is 0. The zero-order chi connectivity index (χ0) is 8.85. The predicted molar refractivity (Wildman–Crippen MR) is 40.1 cm³/mol. The Labute approximate surface area is 65.6 Å². The van der Waals surface area contributed by atoms with Crippen LogP contribution in [0.4, 0.5) is 0 Å². The first-order valence-corrected chi connectivity index (χ1v) is 3.57. The summed E-state index contributed by atoms with van der Waals surface area (Å²) >= 11 is 0. The van der Waals surface area contributed by atoms with Crippen molar-refractivity contribution in [2.75, 3.05) is 0 Å². The molecule has 4 heteroatoms. The highest BCUT2D eigenvalue weighted by Crippen LogP contribution is 1.95. The molecule has 0 aliphatic carbocycles. The van der Waals surface area contributed by atoms with Gasteiger partial charge in [0, 0.05) is 6.92 Å². The van der Waals surface area contributed by atoms with Crippen LogP contribution in [0.15, 0.2) is 0 Å². The van der Waals surface area contributed by atoms with Gasteiger partial charge in [-0.25, -0.2) is 4.79 Å². The molecule has 1 amide bonds. The predicted octanol–water partition coefficient (Wildman–Crippen LogP) is 0.376. The van der Waals surface area contributed by atoms with Crippen LogP contribution in [0.5, 0.6) is 0 Å². The topological polar surface area (TPSA) is 66.4 Å². The van der Waals surface area contributed by atoms with E-state index in [1.165, 1.54) is 6.92 Å². The molecular weight excluding hydrogens is 146 g/mol. The summed E-state index contributed by atoms with van der Waals surface area (Å²) in [5, 5.41) is 10.9. The van der Waals surface area contributed by atoms with E-state index in [4.69, 9.17) is 5.11 Å². The summed E-state index contributed by atoms with van der Waals surface area (Å²) in [6, 6.07) is -0.725. The molecule has 0 aliphatic rings. The molecule has 64 valence electrons. The van der Waals surface area contributed by atoms with E-state index >= 15 is 0 Å². The van der Waals surface area contributed by atoms with Gasteiger partial charge in [0.25, 0.3) is 0 Å². The smallest absolute Gasteiger partial charge is 0.326 e. The first-order valence-electron chi connectivity index (χ1n) is 3.57. The number of hydrogen-bond acceptors (Lipinski definition) is 2. The van der Waals surface area contributed by atoms with Gasteiger partial charge in [-0.15, -0.1) is 0 Å². The quantitative estimate of drug-likeness (QED) is 0.623. The fourth-order valence-corrected chi connectivity index (χ4v) is 0.791. The van der Waals surface area contributed by atoms with Crippen LogP contribution in [-0.4, -0.2) is 23.0 Å². The molecule has 0 aromatic rings. The number of carboxylic acid groups (broad SMARTS) is 1. The van der Waals surface area contributed by atoms with E-state index in [0.29, 0.717) is 6.42 Å². The largest absolute Gasteiger partial charge is 0.480 e. The normalized spacial score (nSPS) is 12.2. The lowest BCUT2D eigenvalue weighted by Crippen LogP contribution is -2.39. The average molecular weight is 159 g/mol. The number of carboxylic acids is 1. The minimum atomic E-state index is -0.970. The van der Waals surface area contributed by atoms with Gasteiger partial charge in [0.05, 0.1) is 0 Å². The maximum absolute atomic E-state index is 10.5. The number of carbonyl (C=O) groups is 2. The van der Waals surface area contributed by atoms with Crippen LogP contribution in [0.3, 0.4) is 0 Å². The molecule has 0 aliphatic heterocycles. The van der Waals surface area contributed by atoms with Crippen molar-refractivity contribution in [3.63, 3.8) is 0 Å². The molecule has 0 radical (unpaired) electrons. The van der Waals surface area contributed by atoms with Gasteiger partial charge in [-0.3, -0.25) is 4.79 Å². The van der Waals surface area contributed by atoms with Gasteiger partial charge >= 0.3 is 5.97 Å². The van der Waals surface area contributed by atoms with Gasteiger partial charge in [-0.1, -0.05) is 13.3 Å². The monoisotopic (exact) mass is 159 g/mol. The molecule has 0 fully saturated rings. The first kappa shape index (κ1) is 9.94. The molecule has 2 N–H and O–H groups in total. The summed E-state index contributed by atoms with van der Waals surface area (Å²) in [6.07, 6.45) is 1.23. The molecule has 0 bridgehead atoms. The zero-order valence-corrected chi connectivity index (χ0v) is 6.76. The third-order valence-electron chi connectivity index (χ3n) is 1.25. The number of rotatable bonds is 4. The van der Waals surface area contributed by atoms with Crippen LogP contribution in [0.25, 0.3) is 0 Å². The Morgan fingerprint density at radius 3 is 2.36 bits per heavy atom. The molecule has 1 atom stereocenters. The zero-order valence-electron chi connectivity index (χ0n) is 6.76. The highest BCUT2D eigenvalue weighted by atomic mass is 16.4. The van der Waals surface area contributed by atoms with Crippen LogP contribution < -0.4 is 5.32 Å². The van der Waals surface area contributed by atoms with E-state index in [9.17, 15) is 9.59 Å². The average Bonchev–Trinajstić information content (AvgIpc) is 1.86. The van der Waals surface area contributed by atoms with Crippen molar-refractivity contribution in [2.45, 2.75) is 32.7 Å². The highest BCUT2D eigenvalue weighted by Gasteiger charge is 2.15. The van der Waals surface area contributed by atoms with Crippen molar-refractivity contribution in [1.29, 1.82) is 0 Å². The summed E-state index contributed by atoms with van der Waals surface area (Å²) in [5.41, 5.74) is 0. The summed E-state index contributed by atoms with van der Waals surface area (Å²) in [4.78, 5) is 20.9. The Morgan fingerprint density at radius 2 is 2.09 bits per heavy atom. The van der Waals surface area contributed by atoms with Crippen LogP contribution >= 0.6 is 0 Å². The Bertz CT molecular complexity index is 156. The van der Waals surface area contributed by atoms with Crippen molar-refractivity contribution in [3.05, 3.63) is 0 Å². The Hall–Kier alpha value is -1.06. The summed E-state index contributed by atoms with van der Waals surface area (Å²) < 4.78 is 0. The van der Waals surface area contributed by atoms with E-state index in [-0.39, 0.29) is 5.91 Å². The van der Waals surface area contributed by atoms with Gasteiger partial charge in [-0.05, 0) is 6.42 Å². The molecule has 0 aromatic carbocycles. The van der Waals surface area contributed by atoms with Gasteiger partial charge in [0.2, 0.25) is 5.91 Å². The van der Waals surface area contributed by atoms with Crippen molar-refractivity contribution in [2.24, 2.45) is 0 Å². The molecule has 11 heavy (non-hydrogen) atoms. The van der Waals surface area contributed by atoms with Crippen molar-refractivity contribution in [1.82, 2.24) is 5.32 Å². The fourth-order valence-electron chi connectivity index (χ4n) is 0.791. The van der Waals surface area contributed by atoms with Crippen LogP contribution in [0, 0.1) is 0 Å². The van der Waals surface area contributed by atoms with E-state index in [1.54, 1.807) is 0 Å². The molecule has 0 rings (SSSR count). The lowest BCUT2D eigenvalue weighted by atomic mass is 10.2. The maximum Gasteiger partial charge on any atom is 0.326 e. The molecule has 0 aromatic heterocycles. The molecule has 0 heterocycles. The third-order valence-corrected chi connectivity index (χ3v) is 1.25. The van der Waals surface area contributed by atoms with Crippen LogP contribution in [0.2, 0.25) is 0 Å². The molecule has 0 saturated carbocycles. The number of carbonyl (C=O) groups excluding carboxylic acids is 1. The van der Waals surface area contributed by atoms with Crippen LogP contribution in [-0.2, 0) is 9.59 Å². The molecule has 4 nitrogen and oxygen atoms in total. The van der Waals surface area contributed by atoms with Gasteiger partial charge in [-0.2, -0.15) is 0 Å². The van der Waals surface area contributed by atoms with E-state index in [1.807, 2.05) is 6.92 Å². The molecule has 0 unspecified atom stereocenters. The van der Waals surface area contributed by atoms with Gasteiger partial charge in [0.1, 0.15) is 6.04 Å². The minimum Gasteiger partial charge on any atom is -0.480 e. The number of nitrogens with one attached hydrogen (secondary N) is 1. The SMILES string of the molecule is CCC[C@H](NC(C)=O)C(=O)O. The molecular formula is C7H13NO3. The van der Waals surface area contributed by atoms with Crippen molar-refractivity contribution >= 4 is 11.9 Å². The van der Waals surface area contributed by atoms with E-state index < -0.39 is 12.0 Å². The highest BCUT2D eigenvalue weighted by molar-refractivity contribution is 5.81. The van der Waals surface area contributed by atoms with Gasteiger partial charge in [0.15, 0.2) is 0 Å². The number of aliphatic carboxylic acids is 1. The Balaban J connectivity index is 3.89. The van der Waals surface area contributed by atoms with E-state index in [0.717, 1.165) is 6.42 Å². The second kappa shape index (κ2) is 4.71. The van der Waals surface area contributed by atoms with Crippen LogP contribution in [0.1, 0.15) is 26.7 Å². The standard InChI is InChI=1S/C7H13NO3/c1-3-4-6(7(10)11)8-5(2)9/h6H,3-4H2,1-2H3,(H,8,9)(H,10,11)/t6-/m0/s1. The molecule has 0 spiro atoms. The summed E-state index contributed by atoms with van der Waals surface area (Å²) in [6.45, 7) is 3.18. The third kappa shape index (κ3) is 4.36. The Kier molecular flexibility index (Phi) is 4.26. The lowest BCUT2D eigenvalue weighted by Gasteiger charge is -2.10. The van der Waals surface area contributed by atoms with E-state index in [2.05, 4.69) is 5.32 Å². The molecule has 0 saturated heterocycles. The lowest BCUT2D eigenvalue weighted by molar-refractivity contribution is -0.141. The number of amides is 1. The van der Waals surface area contributed by atoms with Crippen molar-refractivity contribution in [3.8, 4) is 0 Å². The van der Waals surface area contributed by atoms with Crippen molar-refractivity contribution < 1.29 is 14.7 Å². The Morgan fingerprint density at radius 1 is 1.55 bits per heavy atom. The minimum absolute atomic E-state index is 0.300. The summed E-state index contributed by atoms with van der Waals surface area (Å²) in [5.74, 6) is -1.27. The second-order valence-electron chi connectivity index (χ2n) is 2.38. The maximum atomic E-state index is 10.5. The van der Waals surface area contributed by atoms with Gasteiger partial charge < -0.3 is 10.4 Å². The number of hydrogen-bond donors (Lipinski definition) is 2. The second-order valence-corrected chi connectivity index (χ2v) is 2.38. The fraction of sp³-hybridized carbons (Fsp3) is 0.714.